The molecule has 1 heteroatoms. The van der Waals surface area contributed by atoms with Crippen LogP contribution in [0.3, 0.4) is 0 Å². The Morgan fingerprint density at radius 3 is 3.08 bits per heavy atom. The van der Waals surface area contributed by atoms with Crippen molar-refractivity contribution < 1.29 is 0 Å². The van der Waals surface area contributed by atoms with Gasteiger partial charge in [0.05, 0.1) is 0 Å². The number of hydrogen-bond acceptors (Lipinski definition) is 1. The molecule has 0 radical (unpaired) electrons. The lowest BCUT2D eigenvalue weighted by atomic mass is 10.3. The molecule has 0 fully saturated rings. The second kappa shape index (κ2) is 5.19. The Labute approximate surface area is 73.5 Å². The highest BCUT2D eigenvalue weighted by molar-refractivity contribution is 5.28. The van der Waals surface area contributed by atoms with Crippen molar-refractivity contribution in [2.75, 3.05) is 0 Å². The molecule has 12 heavy (non-hydrogen) atoms. The van der Waals surface area contributed by atoms with Crippen molar-refractivity contribution in [3.63, 3.8) is 0 Å². The summed E-state index contributed by atoms with van der Waals surface area (Å²) in [5.74, 6) is 0. The fourth-order valence-corrected chi connectivity index (χ4v) is 0.866. The molecule has 0 amide bonds. The summed E-state index contributed by atoms with van der Waals surface area (Å²) in [5, 5.41) is 3.14. The van der Waals surface area contributed by atoms with Crippen LogP contribution in [0.1, 0.15) is 6.42 Å². The molecule has 0 saturated carbocycles. The first-order chi connectivity index (χ1) is 5.93. The molecule has 0 aromatic carbocycles. The van der Waals surface area contributed by atoms with Gasteiger partial charge in [-0.3, -0.25) is 0 Å². The van der Waals surface area contributed by atoms with Crippen LogP contribution in [0.4, 0.5) is 0 Å². The molecule has 0 aromatic rings. The van der Waals surface area contributed by atoms with Gasteiger partial charge in [-0.15, -0.1) is 6.58 Å². The molecule has 1 nitrogen and oxygen atoms in total. The van der Waals surface area contributed by atoms with Gasteiger partial charge >= 0.3 is 0 Å². The Morgan fingerprint density at radius 2 is 2.25 bits per heavy atom. The minimum absolute atomic E-state index is 0.909. The Bertz CT molecular complexity index is 254. The minimum Gasteiger partial charge on any atom is -0.362 e. The Morgan fingerprint density at radius 1 is 1.33 bits per heavy atom. The molecule has 0 unspecified atom stereocenters. The van der Waals surface area contributed by atoms with E-state index in [1.165, 1.54) is 0 Å². The van der Waals surface area contributed by atoms with Crippen molar-refractivity contribution in [1.29, 1.82) is 0 Å². The lowest BCUT2D eigenvalue weighted by Gasteiger charge is -1.97. The van der Waals surface area contributed by atoms with E-state index in [0.717, 1.165) is 12.1 Å². The standard InChI is InChI=1S/C11H13N/c1-2-3-5-8-11-9-6-4-7-10-12-11/h2,4-10,12H,1,3H2. The highest BCUT2D eigenvalue weighted by Gasteiger charge is 1.86. The lowest BCUT2D eigenvalue weighted by Crippen LogP contribution is -2.00. The van der Waals surface area contributed by atoms with Crippen LogP contribution >= 0.6 is 0 Å². The van der Waals surface area contributed by atoms with Gasteiger partial charge in [-0.05, 0) is 24.6 Å². The fraction of sp³-hybridized carbons (Fsp3) is 0.0909. The molecule has 0 aromatic heterocycles. The summed E-state index contributed by atoms with van der Waals surface area (Å²) in [7, 11) is 0. The molecule has 0 aliphatic carbocycles. The van der Waals surface area contributed by atoms with Crippen molar-refractivity contribution in [3.8, 4) is 0 Å². The second-order valence-corrected chi connectivity index (χ2v) is 2.44. The predicted octanol–water partition coefficient (Wildman–Crippen LogP) is 2.68. The molecular formula is C11H13N. The van der Waals surface area contributed by atoms with Crippen molar-refractivity contribution >= 4 is 0 Å². The Balaban J connectivity index is 2.51. The van der Waals surface area contributed by atoms with E-state index in [-0.39, 0.29) is 0 Å². The van der Waals surface area contributed by atoms with Crippen molar-refractivity contribution in [1.82, 2.24) is 5.32 Å². The van der Waals surface area contributed by atoms with Crippen LogP contribution in [0.2, 0.25) is 0 Å². The molecule has 0 atom stereocenters. The maximum absolute atomic E-state index is 3.64. The van der Waals surface area contributed by atoms with Gasteiger partial charge in [0.2, 0.25) is 0 Å². The van der Waals surface area contributed by atoms with E-state index >= 15 is 0 Å². The van der Waals surface area contributed by atoms with E-state index in [4.69, 9.17) is 0 Å². The van der Waals surface area contributed by atoms with E-state index in [9.17, 15) is 0 Å². The van der Waals surface area contributed by atoms with Crippen LogP contribution in [0, 0.1) is 0 Å². The molecule has 0 bridgehead atoms. The SMILES string of the molecule is C=CCC=CC1=CC=CC=CN1. The molecule has 1 aliphatic heterocycles. The molecule has 62 valence electrons. The van der Waals surface area contributed by atoms with Gasteiger partial charge < -0.3 is 5.32 Å². The van der Waals surface area contributed by atoms with Gasteiger partial charge in [0.25, 0.3) is 0 Å². The van der Waals surface area contributed by atoms with Gasteiger partial charge in [-0.25, -0.2) is 0 Å². The van der Waals surface area contributed by atoms with Crippen LogP contribution in [-0.2, 0) is 0 Å². The minimum atomic E-state index is 0.909. The van der Waals surface area contributed by atoms with E-state index < -0.39 is 0 Å². The van der Waals surface area contributed by atoms with Crippen LogP contribution in [0.25, 0.3) is 0 Å². The maximum Gasteiger partial charge on any atom is 0.0376 e. The van der Waals surface area contributed by atoms with Gasteiger partial charge in [-0.1, -0.05) is 24.3 Å². The topological polar surface area (TPSA) is 12.0 Å². The van der Waals surface area contributed by atoms with Gasteiger partial charge in [-0.2, -0.15) is 0 Å². The van der Waals surface area contributed by atoms with Crippen molar-refractivity contribution in [2.45, 2.75) is 6.42 Å². The third-order valence-corrected chi connectivity index (χ3v) is 1.44. The average Bonchev–Trinajstić information content (AvgIpc) is 2.33. The number of hydrogen-bond donors (Lipinski definition) is 1. The highest BCUT2D eigenvalue weighted by Crippen LogP contribution is 1.98. The summed E-state index contributed by atoms with van der Waals surface area (Å²) < 4.78 is 0. The summed E-state index contributed by atoms with van der Waals surface area (Å²) in [6.45, 7) is 3.64. The first-order valence-electron chi connectivity index (χ1n) is 4.01. The predicted molar refractivity (Wildman–Crippen MR) is 53.5 cm³/mol. The number of allylic oxidation sites excluding steroid dienone is 7. The summed E-state index contributed by atoms with van der Waals surface area (Å²) in [6.07, 6.45) is 16.8. The molecule has 1 N–H and O–H groups in total. The summed E-state index contributed by atoms with van der Waals surface area (Å²) in [6, 6.07) is 0. The van der Waals surface area contributed by atoms with Gasteiger partial charge in [0.15, 0.2) is 0 Å². The zero-order valence-corrected chi connectivity index (χ0v) is 7.03. The third-order valence-electron chi connectivity index (χ3n) is 1.44. The highest BCUT2D eigenvalue weighted by atomic mass is 14.8. The zero-order chi connectivity index (χ0) is 8.65. The van der Waals surface area contributed by atoms with Crippen molar-refractivity contribution in [3.05, 3.63) is 61.0 Å². The third kappa shape index (κ3) is 3.06. The van der Waals surface area contributed by atoms with E-state index in [0.29, 0.717) is 0 Å². The molecule has 0 spiro atoms. The Kier molecular flexibility index (Phi) is 3.72. The monoisotopic (exact) mass is 159 g/mol. The number of nitrogens with one attached hydrogen (secondary N) is 1. The fourth-order valence-electron chi connectivity index (χ4n) is 0.866. The average molecular weight is 159 g/mol. The largest absolute Gasteiger partial charge is 0.362 e. The van der Waals surface area contributed by atoms with Gasteiger partial charge in [0.1, 0.15) is 0 Å². The molecule has 0 saturated heterocycles. The first kappa shape index (κ1) is 8.60. The van der Waals surface area contributed by atoms with Gasteiger partial charge in [0, 0.05) is 11.9 Å². The van der Waals surface area contributed by atoms with Crippen LogP contribution in [-0.4, -0.2) is 0 Å². The summed E-state index contributed by atoms with van der Waals surface area (Å²) in [4.78, 5) is 0. The number of rotatable bonds is 3. The van der Waals surface area contributed by atoms with E-state index in [1.54, 1.807) is 0 Å². The second-order valence-electron chi connectivity index (χ2n) is 2.44. The van der Waals surface area contributed by atoms with Crippen LogP contribution in [0.15, 0.2) is 61.0 Å². The molecular weight excluding hydrogens is 146 g/mol. The van der Waals surface area contributed by atoms with Crippen LogP contribution < -0.4 is 5.32 Å². The maximum atomic E-state index is 3.64. The summed E-state index contributed by atoms with van der Waals surface area (Å²) in [5.41, 5.74) is 1.10. The lowest BCUT2D eigenvalue weighted by molar-refractivity contribution is 1.11. The quantitative estimate of drug-likeness (QED) is 0.624. The molecule has 1 heterocycles. The van der Waals surface area contributed by atoms with Crippen molar-refractivity contribution in [2.24, 2.45) is 0 Å². The van der Waals surface area contributed by atoms with E-state index in [1.807, 2.05) is 42.7 Å². The summed E-state index contributed by atoms with van der Waals surface area (Å²) >= 11 is 0. The molecule has 1 rings (SSSR count). The Hall–Kier alpha value is -1.50. The first-order valence-corrected chi connectivity index (χ1v) is 4.01. The smallest absolute Gasteiger partial charge is 0.0376 e. The normalized spacial score (nSPS) is 15.5. The van der Waals surface area contributed by atoms with Crippen LogP contribution in [0.5, 0.6) is 0 Å². The molecule has 1 aliphatic rings. The van der Waals surface area contributed by atoms with E-state index in [2.05, 4.69) is 18.0 Å². The zero-order valence-electron chi connectivity index (χ0n) is 7.03.